The summed E-state index contributed by atoms with van der Waals surface area (Å²) in [6.07, 6.45) is 8.13. The van der Waals surface area contributed by atoms with Crippen LogP contribution in [0.5, 0.6) is 0 Å². The van der Waals surface area contributed by atoms with Crippen molar-refractivity contribution in [1.29, 1.82) is 0 Å². The third kappa shape index (κ3) is 3.03. The van der Waals surface area contributed by atoms with Gasteiger partial charge in [0.15, 0.2) is 0 Å². The van der Waals surface area contributed by atoms with Gasteiger partial charge in [0.1, 0.15) is 5.58 Å². The Morgan fingerprint density at radius 3 is 2.70 bits per heavy atom. The van der Waals surface area contributed by atoms with Gasteiger partial charge < -0.3 is 4.42 Å². The van der Waals surface area contributed by atoms with Gasteiger partial charge in [-0.25, -0.2) is 4.79 Å². The predicted octanol–water partition coefficient (Wildman–Crippen LogP) is 5.51. The summed E-state index contributed by atoms with van der Waals surface area (Å²) in [5, 5.41) is 1.08. The molecule has 3 rings (SSSR count). The Morgan fingerprint density at radius 1 is 1.26 bits per heavy atom. The predicted molar refractivity (Wildman–Crippen MR) is 97.7 cm³/mol. The highest BCUT2D eigenvalue weighted by Crippen LogP contribution is 2.32. The summed E-state index contributed by atoms with van der Waals surface area (Å²) in [5.41, 5.74) is 6.11. The Labute approximate surface area is 137 Å². The summed E-state index contributed by atoms with van der Waals surface area (Å²) < 4.78 is 5.55. The molecule has 0 spiro atoms. The van der Waals surface area contributed by atoms with Gasteiger partial charge in [0, 0.05) is 5.39 Å². The SMILES string of the molecule is C/C(=C/C(C)(C)C)c1cc2c3c(c(=O)oc2cc1C)C=CCC3. The quantitative estimate of drug-likeness (QED) is 0.650. The molecule has 0 radical (unpaired) electrons. The Morgan fingerprint density at radius 2 is 2.00 bits per heavy atom. The van der Waals surface area contributed by atoms with Crippen molar-refractivity contribution >= 4 is 22.6 Å². The third-order valence-corrected chi connectivity index (χ3v) is 4.32. The maximum Gasteiger partial charge on any atom is 0.343 e. The molecule has 23 heavy (non-hydrogen) atoms. The van der Waals surface area contributed by atoms with E-state index >= 15 is 0 Å². The van der Waals surface area contributed by atoms with E-state index in [0.29, 0.717) is 5.58 Å². The molecule has 1 aliphatic carbocycles. The van der Waals surface area contributed by atoms with Gasteiger partial charge in [-0.2, -0.15) is 0 Å². The van der Waals surface area contributed by atoms with Crippen molar-refractivity contribution in [2.24, 2.45) is 5.41 Å². The third-order valence-electron chi connectivity index (χ3n) is 4.32. The summed E-state index contributed by atoms with van der Waals surface area (Å²) in [4.78, 5) is 12.2. The minimum absolute atomic E-state index is 0.136. The summed E-state index contributed by atoms with van der Waals surface area (Å²) in [6, 6.07) is 4.20. The molecule has 0 bridgehead atoms. The van der Waals surface area contributed by atoms with Crippen LogP contribution in [0.2, 0.25) is 0 Å². The fourth-order valence-corrected chi connectivity index (χ4v) is 3.44. The van der Waals surface area contributed by atoms with Crippen LogP contribution >= 0.6 is 0 Å². The van der Waals surface area contributed by atoms with E-state index in [0.717, 1.165) is 34.9 Å². The van der Waals surface area contributed by atoms with Crippen molar-refractivity contribution in [2.45, 2.75) is 47.5 Å². The highest BCUT2D eigenvalue weighted by Gasteiger charge is 2.17. The van der Waals surface area contributed by atoms with Crippen molar-refractivity contribution in [2.75, 3.05) is 0 Å². The van der Waals surface area contributed by atoms with E-state index in [1.54, 1.807) is 0 Å². The molecule has 0 saturated heterocycles. The molecule has 0 fully saturated rings. The molecule has 0 saturated carbocycles. The number of hydrogen-bond acceptors (Lipinski definition) is 2. The lowest BCUT2D eigenvalue weighted by molar-refractivity contribution is 0.545. The monoisotopic (exact) mass is 308 g/mol. The first-order chi connectivity index (χ1) is 10.8. The van der Waals surface area contributed by atoms with Gasteiger partial charge >= 0.3 is 5.63 Å². The Kier molecular flexibility index (Phi) is 3.79. The molecule has 0 unspecified atom stereocenters. The first-order valence-corrected chi connectivity index (χ1v) is 8.23. The highest BCUT2D eigenvalue weighted by atomic mass is 16.4. The molecule has 0 aliphatic heterocycles. The zero-order valence-electron chi connectivity index (χ0n) is 14.6. The topological polar surface area (TPSA) is 30.2 Å². The summed E-state index contributed by atoms with van der Waals surface area (Å²) in [7, 11) is 0. The van der Waals surface area contributed by atoms with Gasteiger partial charge in [-0.15, -0.1) is 0 Å². The van der Waals surface area contributed by atoms with Gasteiger partial charge in [-0.1, -0.05) is 39.0 Å². The lowest BCUT2D eigenvalue weighted by Gasteiger charge is -2.17. The molecule has 120 valence electrons. The lowest BCUT2D eigenvalue weighted by atomic mass is 9.88. The van der Waals surface area contributed by atoms with Gasteiger partial charge in [-0.05, 0) is 66.5 Å². The van der Waals surface area contributed by atoms with Gasteiger partial charge in [0.2, 0.25) is 0 Å². The van der Waals surface area contributed by atoms with Crippen molar-refractivity contribution in [3.05, 3.63) is 57.0 Å². The van der Waals surface area contributed by atoms with Crippen LogP contribution in [-0.2, 0) is 6.42 Å². The zero-order valence-corrected chi connectivity index (χ0v) is 14.6. The Balaban J connectivity index is 2.29. The van der Waals surface area contributed by atoms with Crippen molar-refractivity contribution in [1.82, 2.24) is 0 Å². The number of fused-ring (bicyclic) bond motifs is 3. The first kappa shape index (κ1) is 15.8. The molecule has 2 aromatic rings. The number of benzene rings is 1. The van der Waals surface area contributed by atoms with Crippen LogP contribution in [-0.4, -0.2) is 0 Å². The Bertz CT molecular complexity index is 887. The first-order valence-electron chi connectivity index (χ1n) is 8.23. The second kappa shape index (κ2) is 5.52. The molecule has 2 heteroatoms. The second-order valence-electron chi connectivity index (χ2n) is 7.58. The van der Waals surface area contributed by atoms with Gasteiger partial charge in [0.25, 0.3) is 0 Å². The molecular weight excluding hydrogens is 284 g/mol. The summed E-state index contributed by atoms with van der Waals surface area (Å²) in [5.74, 6) is 0. The molecule has 2 nitrogen and oxygen atoms in total. The normalized spacial score (nSPS) is 15.1. The van der Waals surface area contributed by atoms with Crippen LogP contribution < -0.4 is 5.63 Å². The van der Waals surface area contributed by atoms with Crippen molar-refractivity contribution in [3.8, 4) is 0 Å². The van der Waals surface area contributed by atoms with Crippen LogP contribution in [0.1, 0.15) is 56.4 Å². The fourth-order valence-electron chi connectivity index (χ4n) is 3.44. The van der Waals surface area contributed by atoms with E-state index in [1.165, 1.54) is 11.1 Å². The van der Waals surface area contributed by atoms with Gasteiger partial charge in [0.05, 0.1) is 5.56 Å². The molecule has 1 heterocycles. The van der Waals surface area contributed by atoms with E-state index in [4.69, 9.17) is 4.42 Å². The average Bonchev–Trinajstić information content (AvgIpc) is 2.45. The smallest absolute Gasteiger partial charge is 0.343 e. The molecule has 0 amide bonds. The maximum absolute atomic E-state index is 12.2. The average molecular weight is 308 g/mol. The second-order valence-corrected chi connectivity index (χ2v) is 7.58. The number of rotatable bonds is 1. The van der Waals surface area contributed by atoms with E-state index in [1.807, 2.05) is 18.2 Å². The summed E-state index contributed by atoms with van der Waals surface area (Å²) in [6.45, 7) is 10.9. The largest absolute Gasteiger partial charge is 0.422 e. The number of allylic oxidation sites excluding steroid dienone is 3. The number of hydrogen-bond donors (Lipinski definition) is 0. The minimum atomic E-state index is -0.224. The standard InChI is InChI=1S/C21H24O2/c1-13-10-19-18(11-17(13)14(2)12-21(3,4)5)15-8-6-7-9-16(15)20(22)23-19/h7,9-12H,6,8H2,1-5H3/b14-12-. The lowest BCUT2D eigenvalue weighted by Crippen LogP contribution is -2.10. The molecule has 1 aromatic carbocycles. The van der Waals surface area contributed by atoms with Crippen molar-refractivity contribution in [3.63, 3.8) is 0 Å². The van der Waals surface area contributed by atoms with Crippen LogP contribution in [0.4, 0.5) is 0 Å². The zero-order chi connectivity index (χ0) is 16.8. The fraction of sp³-hybridized carbons (Fsp3) is 0.381. The summed E-state index contributed by atoms with van der Waals surface area (Å²) >= 11 is 0. The van der Waals surface area contributed by atoms with E-state index < -0.39 is 0 Å². The maximum atomic E-state index is 12.2. The molecule has 1 aliphatic rings. The molecule has 0 N–H and O–H groups in total. The molecular formula is C21H24O2. The highest BCUT2D eigenvalue weighted by molar-refractivity contribution is 5.88. The van der Waals surface area contributed by atoms with E-state index in [9.17, 15) is 4.79 Å². The van der Waals surface area contributed by atoms with Crippen LogP contribution in [0.25, 0.3) is 22.6 Å². The van der Waals surface area contributed by atoms with E-state index in [-0.39, 0.29) is 11.0 Å². The van der Waals surface area contributed by atoms with Crippen LogP contribution in [0.15, 0.2) is 33.5 Å². The Hall–Kier alpha value is -2.09. The van der Waals surface area contributed by atoms with Gasteiger partial charge in [-0.3, -0.25) is 0 Å². The van der Waals surface area contributed by atoms with E-state index in [2.05, 4.69) is 46.8 Å². The minimum Gasteiger partial charge on any atom is -0.422 e. The molecule has 1 aromatic heterocycles. The van der Waals surface area contributed by atoms with Crippen LogP contribution in [0.3, 0.4) is 0 Å². The van der Waals surface area contributed by atoms with Crippen molar-refractivity contribution < 1.29 is 4.42 Å². The molecule has 0 atom stereocenters. The van der Waals surface area contributed by atoms with Crippen LogP contribution in [0, 0.1) is 12.3 Å². The number of aryl methyl sites for hydroxylation is 2.